The van der Waals surface area contributed by atoms with E-state index in [0.29, 0.717) is 33.1 Å². The minimum Gasteiger partial charge on any atom is -0.495 e. The Morgan fingerprint density at radius 1 is 1.16 bits per heavy atom. The average molecular weight is 562 g/mol. The lowest BCUT2D eigenvalue weighted by Gasteiger charge is -2.27. The van der Waals surface area contributed by atoms with E-state index in [-0.39, 0.29) is 18.9 Å². The highest BCUT2D eigenvalue weighted by atomic mass is 35.5. The number of halogens is 1. The Labute approximate surface area is 231 Å². The molecule has 3 aromatic rings. The van der Waals surface area contributed by atoms with Crippen LogP contribution in [0.25, 0.3) is 21.6 Å². The van der Waals surface area contributed by atoms with E-state index < -0.39 is 29.8 Å². The van der Waals surface area contributed by atoms with Gasteiger partial charge in [0.2, 0.25) is 0 Å². The minimum atomic E-state index is -0.830. The van der Waals surface area contributed by atoms with Gasteiger partial charge in [-0.15, -0.1) is 11.3 Å². The zero-order valence-corrected chi connectivity index (χ0v) is 24.1. The minimum absolute atomic E-state index is 0.145. The van der Waals surface area contributed by atoms with E-state index in [4.69, 9.17) is 40.5 Å². The van der Waals surface area contributed by atoms with Gasteiger partial charge >= 0.3 is 12.1 Å². The summed E-state index contributed by atoms with van der Waals surface area (Å²) in [5.74, 6) is 0.737. The maximum Gasteiger partial charge on any atom is 0.411 e. The number of amides is 1. The summed E-state index contributed by atoms with van der Waals surface area (Å²) in [5, 5.41) is 3.77. The third-order valence-corrected chi connectivity index (χ3v) is 7.30. The van der Waals surface area contributed by atoms with Gasteiger partial charge in [-0.05, 0) is 38.8 Å². The zero-order chi connectivity index (χ0) is 27.8. The Morgan fingerprint density at radius 3 is 2.50 bits per heavy atom. The molecule has 2 unspecified atom stereocenters. The number of likely N-dealkylation sites (tertiary alicyclic amines) is 1. The fourth-order valence-corrected chi connectivity index (χ4v) is 5.41. The van der Waals surface area contributed by atoms with Gasteiger partial charge in [-0.3, -0.25) is 4.90 Å². The third kappa shape index (κ3) is 5.81. The number of carbonyl (C=O) groups excluding carboxylic acids is 2. The molecule has 11 heteroatoms. The number of hydrogen-bond acceptors (Lipinski definition) is 9. The molecule has 0 aliphatic carbocycles. The molecule has 1 amide bonds. The van der Waals surface area contributed by atoms with Crippen LogP contribution in [0.15, 0.2) is 23.6 Å². The number of aromatic nitrogens is 2. The number of rotatable bonds is 6. The van der Waals surface area contributed by atoms with Crippen molar-refractivity contribution in [1.29, 1.82) is 0 Å². The fourth-order valence-electron chi connectivity index (χ4n) is 4.19. The van der Waals surface area contributed by atoms with Crippen molar-refractivity contribution in [3.05, 3.63) is 34.3 Å². The second kappa shape index (κ2) is 10.9. The molecule has 0 bridgehead atoms. The number of benzene rings is 1. The molecule has 9 nitrogen and oxygen atoms in total. The number of thiazole rings is 1. The van der Waals surface area contributed by atoms with E-state index >= 15 is 0 Å². The lowest BCUT2D eigenvalue weighted by Crippen LogP contribution is -2.44. The van der Waals surface area contributed by atoms with Gasteiger partial charge in [-0.2, -0.15) is 0 Å². The molecule has 1 aliphatic rings. The Morgan fingerprint density at radius 2 is 1.89 bits per heavy atom. The molecule has 0 saturated carbocycles. The molecule has 0 radical (unpaired) electrons. The van der Waals surface area contributed by atoms with E-state index in [1.54, 1.807) is 33.9 Å². The fraction of sp³-hybridized carbons (Fsp3) is 0.481. The van der Waals surface area contributed by atoms with Gasteiger partial charge in [0.1, 0.15) is 45.0 Å². The van der Waals surface area contributed by atoms with Crippen LogP contribution >= 0.6 is 22.9 Å². The van der Waals surface area contributed by atoms with Crippen molar-refractivity contribution >= 4 is 45.9 Å². The van der Waals surface area contributed by atoms with Gasteiger partial charge in [0.25, 0.3) is 0 Å². The summed E-state index contributed by atoms with van der Waals surface area (Å²) < 4.78 is 22.3. The Kier molecular flexibility index (Phi) is 8.04. The molecular weight excluding hydrogens is 530 g/mol. The first kappa shape index (κ1) is 27.9. The van der Waals surface area contributed by atoms with Crippen molar-refractivity contribution in [2.45, 2.75) is 64.7 Å². The van der Waals surface area contributed by atoms with Crippen LogP contribution in [0, 0.1) is 0 Å². The molecule has 1 aromatic carbocycles. The molecule has 1 aliphatic heterocycles. The van der Waals surface area contributed by atoms with Crippen LogP contribution in [0.4, 0.5) is 4.79 Å². The Hall–Kier alpha value is -3.11. The monoisotopic (exact) mass is 561 g/mol. The highest BCUT2D eigenvalue weighted by Crippen LogP contribution is 2.40. The van der Waals surface area contributed by atoms with Crippen molar-refractivity contribution in [3.8, 4) is 22.2 Å². The van der Waals surface area contributed by atoms with Crippen molar-refractivity contribution in [2.24, 2.45) is 0 Å². The molecule has 0 N–H and O–H groups in total. The quantitative estimate of drug-likeness (QED) is 0.334. The van der Waals surface area contributed by atoms with Gasteiger partial charge in [0.05, 0.1) is 32.0 Å². The number of hydrogen-bond donors (Lipinski definition) is 0. The Bertz CT molecular complexity index is 1350. The largest absolute Gasteiger partial charge is 0.495 e. The predicted octanol–water partition coefficient (Wildman–Crippen LogP) is 6.07. The topological polar surface area (TPSA) is 100 Å². The smallest absolute Gasteiger partial charge is 0.411 e. The lowest BCUT2D eigenvalue weighted by molar-refractivity contribution is -0.145. The maximum absolute atomic E-state index is 12.9. The van der Waals surface area contributed by atoms with Crippen LogP contribution in [0.2, 0.25) is 5.02 Å². The summed E-state index contributed by atoms with van der Waals surface area (Å²) in [7, 11) is 2.84. The first-order valence-electron chi connectivity index (χ1n) is 12.3. The number of carbonyl (C=O) groups is 2. The van der Waals surface area contributed by atoms with Crippen LogP contribution < -0.4 is 9.47 Å². The lowest BCUT2D eigenvalue weighted by atomic mass is 10.1. The van der Waals surface area contributed by atoms with Gasteiger partial charge in [-0.1, -0.05) is 25.4 Å². The summed E-state index contributed by atoms with van der Waals surface area (Å²) in [4.78, 5) is 36.3. The SMILES string of the molecule is COC(=O)C1CC(Oc2cc(-c3nc(C(C)C)cs3)nc3c(Cl)c(OC)ccc23)CN1C(=O)OC(C)(C)C. The second-order valence-corrected chi connectivity index (χ2v) is 11.6. The third-order valence-electron chi connectivity index (χ3n) is 6.06. The van der Waals surface area contributed by atoms with Crippen LogP contribution in [0.5, 0.6) is 11.5 Å². The van der Waals surface area contributed by atoms with Gasteiger partial charge in [-0.25, -0.2) is 19.6 Å². The molecule has 2 atom stereocenters. The highest BCUT2D eigenvalue weighted by molar-refractivity contribution is 7.13. The molecular formula is C27H32ClN3O6S. The Balaban J connectivity index is 1.73. The second-order valence-electron chi connectivity index (χ2n) is 10.4. The standard InChI is InChI=1S/C27H32ClN3O6S/c1-14(2)18-13-38-24(30-18)17-11-21(16-8-9-20(34-6)22(28)23(16)29-17)36-15-10-19(25(32)35-7)31(12-15)26(33)37-27(3,4)5/h8-9,11,13-15,19H,10,12H2,1-7H3. The van der Waals surface area contributed by atoms with Crippen LogP contribution in [0.3, 0.4) is 0 Å². The molecule has 1 fully saturated rings. The number of pyridine rings is 1. The summed E-state index contributed by atoms with van der Waals surface area (Å²) in [6.07, 6.45) is -0.867. The van der Waals surface area contributed by atoms with E-state index in [9.17, 15) is 9.59 Å². The van der Waals surface area contributed by atoms with Gasteiger partial charge < -0.3 is 18.9 Å². The first-order chi connectivity index (χ1) is 17.9. The zero-order valence-electron chi connectivity index (χ0n) is 22.5. The summed E-state index contributed by atoms with van der Waals surface area (Å²) in [5.41, 5.74) is 1.36. The van der Waals surface area contributed by atoms with E-state index in [1.165, 1.54) is 23.3 Å². The predicted molar refractivity (Wildman–Crippen MR) is 146 cm³/mol. The van der Waals surface area contributed by atoms with E-state index in [1.807, 2.05) is 17.5 Å². The van der Waals surface area contributed by atoms with Crippen LogP contribution in [-0.4, -0.2) is 65.4 Å². The van der Waals surface area contributed by atoms with E-state index in [2.05, 4.69) is 13.8 Å². The molecule has 4 rings (SSSR count). The van der Waals surface area contributed by atoms with Crippen molar-refractivity contribution in [2.75, 3.05) is 20.8 Å². The number of esters is 1. The van der Waals surface area contributed by atoms with Crippen molar-refractivity contribution < 1.29 is 28.5 Å². The number of nitrogens with zero attached hydrogens (tertiary/aromatic N) is 3. The highest BCUT2D eigenvalue weighted by Gasteiger charge is 2.43. The van der Waals surface area contributed by atoms with E-state index in [0.717, 1.165) is 10.7 Å². The average Bonchev–Trinajstić information content (AvgIpc) is 3.51. The molecule has 3 heterocycles. The van der Waals surface area contributed by atoms with Gasteiger partial charge in [0, 0.05) is 23.3 Å². The van der Waals surface area contributed by atoms with Crippen molar-refractivity contribution in [3.63, 3.8) is 0 Å². The molecule has 204 valence electrons. The molecule has 1 saturated heterocycles. The van der Waals surface area contributed by atoms with Crippen LogP contribution in [-0.2, 0) is 14.3 Å². The van der Waals surface area contributed by atoms with Crippen molar-refractivity contribution in [1.82, 2.24) is 14.9 Å². The summed E-state index contributed by atoms with van der Waals surface area (Å²) in [6.45, 7) is 9.62. The summed E-state index contributed by atoms with van der Waals surface area (Å²) >= 11 is 8.15. The maximum atomic E-state index is 12.9. The number of fused-ring (bicyclic) bond motifs is 1. The molecule has 38 heavy (non-hydrogen) atoms. The van der Waals surface area contributed by atoms with Crippen LogP contribution in [0.1, 0.15) is 52.7 Å². The summed E-state index contributed by atoms with van der Waals surface area (Å²) in [6, 6.07) is 4.56. The number of ether oxygens (including phenoxy) is 4. The number of methoxy groups -OCH3 is 2. The molecule has 0 spiro atoms. The van der Waals surface area contributed by atoms with Gasteiger partial charge in [0.15, 0.2) is 0 Å². The first-order valence-corrected chi connectivity index (χ1v) is 13.5. The normalized spacial score (nSPS) is 17.7. The molecule has 2 aromatic heterocycles.